The Balaban J connectivity index is 2.21. The first-order valence-electron chi connectivity index (χ1n) is 6.53. The first-order valence-corrected chi connectivity index (χ1v) is 6.91. The van der Waals surface area contributed by atoms with Gasteiger partial charge in [0.2, 0.25) is 0 Å². The van der Waals surface area contributed by atoms with Crippen LogP contribution in [0.4, 0.5) is 0 Å². The van der Waals surface area contributed by atoms with Gasteiger partial charge < -0.3 is 5.73 Å². The van der Waals surface area contributed by atoms with Crippen LogP contribution >= 0.6 is 11.6 Å². The molecule has 0 bridgehead atoms. The number of aryl methyl sites for hydroxylation is 1. The van der Waals surface area contributed by atoms with Crippen LogP contribution in [0.3, 0.4) is 0 Å². The summed E-state index contributed by atoms with van der Waals surface area (Å²) in [6, 6.07) is 17.5. The molecule has 0 saturated heterocycles. The molecule has 3 heteroatoms. The molecule has 1 atom stereocenters. The molecule has 0 aliphatic rings. The van der Waals surface area contributed by atoms with E-state index in [9.17, 15) is 0 Å². The maximum atomic E-state index is 6.44. The second kappa shape index (κ2) is 5.23. The van der Waals surface area contributed by atoms with E-state index in [2.05, 4.69) is 4.98 Å². The van der Waals surface area contributed by atoms with Crippen LogP contribution in [0.2, 0.25) is 5.02 Å². The monoisotopic (exact) mass is 282 g/mol. The molecule has 0 spiro atoms. The van der Waals surface area contributed by atoms with Crippen LogP contribution in [0.1, 0.15) is 22.9 Å². The van der Waals surface area contributed by atoms with Crippen LogP contribution in [0.15, 0.2) is 54.6 Å². The Morgan fingerprint density at radius 1 is 1.00 bits per heavy atom. The maximum absolute atomic E-state index is 6.44. The number of nitrogens with zero attached hydrogens (tertiary/aromatic N) is 1. The fourth-order valence-corrected chi connectivity index (χ4v) is 2.75. The Morgan fingerprint density at radius 2 is 1.70 bits per heavy atom. The molecular weight excluding hydrogens is 268 g/mol. The van der Waals surface area contributed by atoms with Crippen LogP contribution in [0.5, 0.6) is 0 Å². The zero-order valence-electron chi connectivity index (χ0n) is 11.2. The highest BCUT2D eigenvalue weighted by atomic mass is 35.5. The SMILES string of the molecule is Cc1cc(C(N)c2ccccc2Cl)c2ccccc2n1. The highest BCUT2D eigenvalue weighted by Crippen LogP contribution is 2.30. The molecule has 0 aliphatic carbocycles. The number of benzene rings is 2. The van der Waals surface area contributed by atoms with Gasteiger partial charge in [-0.1, -0.05) is 48.0 Å². The Labute approximate surface area is 123 Å². The standard InChI is InChI=1S/C17H15ClN2/c1-11-10-14(12-6-3-5-9-16(12)20-11)17(19)13-7-2-4-8-15(13)18/h2-10,17H,19H2,1H3. The number of pyridine rings is 1. The first kappa shape index (κ1) is 13.1. The van der Waals surface area contributed by atoms with Crippen molar-refractivity contribution in [1.82, 2.24) is 4.98 Å². The number of fused-ring (bicyclic) bond motifs is 1. The number of rotatable bonds is 2. The Morgan fingerprint density at radius 3 is 2.50 bits per heavy atom. The average molecular weight is 283 g/mol. The van der Waals surface area contributed by atoms with E-state index in [1.807, 2.05) is 61.5 Å². The van der Waals surface area contributed by atoms with Crippen molar-refractivity contribution < 1.29 is 0 Å². The fraction of sp³-hybridized carbons (Fsp3) is 0.118. The predicted molar refractivity (Wildman–Crippen MR) is 84.0 cm³/mol. The Kier molecular flexibility index (Phi) is 3.43. The summed E-state index contributed by atoms with van der Waals surface area (Å²) in [5.41, 5.74) is 10.4. The molecule has 20 heavy (non-hydrogen) atoms. The molecule has 2 aromatic carbocycles. The average Bonchev–Trinajstić information content (AvgIpc) is 2.46. The van der Waals surface area contributed by atoms with E-state index >= 15 is 0 Å². The summed E-state index contributed by atoms with van der Waals surface area (Å²) in [4.78, 5) is 4.55. The number of hydrogen-bond acceptors (Lipinski definition) is 2. The van der Waals surface area contributed by atoms with E-state index in [1.165, 1.54) is 0 Å². The topological polar surface area (TPSA) is 38.9 Å². The lowest BCUT2D eigenvalue weighted by molar-refractivity contribution is 0.876. The summed E-state index contributed by atoms with van der Waals surface area (Å²) in [7, 11) is 0. The van der Waals surface area contributed by atoms with Gasteiger partial charge in [-0.3, -0.25) is 4.98 Å². The number of hydrogen-bond donors (Lipinski definition) is 1. The Bertz CT molecular complexity index is 768. The molecular formula is C17H15ClN2. The minimum atomic E-state index is -0.254. The highest BCUT2D eigenvalue weighted by Gasteiger charge is 2.15. The molecule has 2 N–H and O–H groups in total. The largest absolute Gasteiger partial charge is 0.320 e. The van der Waals surface area contributed by atoms with E-state index in [4.69, 9.17) is 17.3 Å². The quantitative estimate of drug-likeness (QED) is 0.763. The minimum Gasteiger partial charge on any atom is -0.320 e. The lowest BCUT2D eigenvalue weighted by Gasteiger charge is -2.17. The maximum Gasteiger partial charge on any atom is 0.0708 e. The summed E-state index contributed by atoms with van der Waals surface area (Å²) < 4.78 is 0. The van der Waals surface area contributed by atoms with Crippen molar-refractivity contribution in [3.63, 3.8) is 0 Å². The van der Waals surface area contributed by atoms with Gasteiger partial charge in [0.15, 0.2) is 0 Å². The molecule has 1 unspecified atom stereocenters. The molecule has 3 rings (SSSR count). The third kappa shape index (κ3) is 2.28. The lowest BCUT2D eigenvalue weighted by atomic mass is 9.95. The zero-order valence-corrected chi connectivity index (χ0v) is 11.9. The second-order valence-corrected chi connectivity index (χ2v) is 5.28. The molecule has 100 valence electrons. The van der Waals surface area contributed by atoms with Gasteiger partial charge in [0.05, 0.1) is 11.6 Å². The number of para-hydroxylation sites is 1. The van der Waals surface area contributed by atoms with Crippen molar-refractivity contribution in [3.05, 3.63) is 76.4 Å². The van der Waals surface area contributed by atoms with Gasteiger partial charge in [-0.2, -0.15) is 0 Å². The minimum absolute atomic E-state index is 0.254. The van der Waals surface area contributed by atoms with E-state index in [1.54, 1.807) is 0 Å². The van der Waals surface area contributed by atoms with E-state index in [0.717, 1.165) is 27.7 Å². The smallest absolute Gasteiger partial charge is 0.0708 e. The first-order chi connectivity index (χ1) is 9.66. The van der Waals surface area contributed by atoms with Gasteiger partial charge >= 0.3 is 0 Å². The second-order valence-electron chi connectivity index (χ2n) is 4.87. The van der Waals surface area contributed by atoms with Crippen LogP contribution in [-0.4, -0.2) is 4.98 Å². The van der Waals surface area contributed by atoms with E-state index in [0.29, 0.717) is 5.02 Å². The van der Waals surface area contributed by atoms with Crippen LogP contribution in [0.25, 0.3) is 10.9 Å². The third-order valence-electron chi connectivity index (χ3n) is 3.45. The van der Waals surface area contributed by atoms with E-state index in [-0.39, 0.29) is 6.04 Å². The molecule has 0 aliphatic heterocycles. The molecule has 1 heterocycles. The van der Waals surface area contributed by atoms with Crippen molar-refractivity contribution in [2.75, 3.05) is 0 Å². The molecule has 0 fully saturated rings. The lowest BCUT2D eigenvalue weighted by Crippen LogP contribution is -2.13. The normalized spacial score (nSPS) is 12.6. The molecule has 0 saturated carbocycles. The van der Waals surface area contributed by atoms with Crippen molar-refractivity contribution >= 4 is 22.5 Å². The molecule has 0 radical (unpaired) electrons. The molecule has 2 nitrogen and oxygen atoms in total. The molecule has 1 aromatic heterocycles. The van der Waals surface area contributed by atoms with Crippen LogP contribution < -0.4 is 5.73 Å². The van der Waals surface area contributed by atoms with Gasteiger partial charge in [-0.15, -0.1) is 0 Å². The third-order valence-corrected chi connectivity index (χ3v) is 3.80. The van der Waals surface area contributed by atoms with Crippen molar-refractivity contribution in [2.24, 2.45) is 5.73 Å². The fourth-order valence-electron chi connectivity index (χ4n) is 2.49. The summed E-state index contributed by atoms with van der Waals surface area (Å²) in [5.74, 6) is 0. The molecule has 3 aromatic rings. The van der Waals surface area contributed by atoms with Gasteiger partial charge in [0.25, 0.3) is 0 Å². The summed E-state index contributed by atoms with van der Waals surface area (Å²) in [5, 5.41) is 1.77. The number of nitrogens with two attached hydrogens (primary N) is 1. The summed E-state index contributed by atoms with van der Waals surface area (Å²) in [6.07, 6.45) is 0. The summed E-state index contributed by atoms with van der Waals surface area (Å²) in [6.45, 7) is 1.98. The molecule has 0 amide bonds. The summed E-state index contributed by atoms with van der Waals surface area (Å²) >= 11 is 6.26. The highest BCUT2D eigenvalue weighted by molar-refractivity contribution is 6.31. The van der Waals surface area contributed by atoms with Crippen molar-refractivity contribution in [2.45, 2.75) is 13.0 Å². The van der Waals surface area contributed by atoms with Crippen molar-refractivity contribution in [1.29, 1.82) is 0 Å². The number of halogens is 1. The van der Waals surface area contributed by atoms with Crippen molar-refractivity contribution in [3.8, 4) is 0 Å². The van der Waals surface area contributed by atoms with E-state index < -0.39 is 0 Å². The van der Waals surface area contributed by atoms with Gasteiger partial charge in [-0.25, -0.2) is 0 Å². The Hall–Kier alpha value is -1.90. The van der Waals surface area contributed by atoms with Crippen LogP contribution in [-0.2, 0) is 0 Å². The van der Waals surface area contributed by atoms with Gasteiger partial charge in [-0.05, 0) is 36.2 Å². The zero-order chi connectivity index (χ0) is 14.1. The van der Waals surface area contributed by atoms with Gasteiger partial charge in [0.1, 0.15) is 0 Å². The van der Waals surface area contributed by atoms with Gasteiger partial charge in [0, 0.05) is 16.1 Å². The number of aromatic nitrogens is 1. The van der Waals surface area contributed by atoms with Crippen LogP contribution in [0, 0.1) is 6.92 Å². The predicted octanol–water partition coefficient (Wildman–Crippen LogP) is 4.24.